The molecule has 0 radical (unpaired) electrons. The monoisotopic (exact) mass is 468 g/mol. The highest BCUT2D eigenvalue weighted by atomic mass is 35.5. The standard InChI is InChI=1S/C16H21ClN2O4S4/c1-19(2)12(13-4-3-7-24-13)8-18-11-9-26(20,21)10-14(11)27(22,23)16-6-5-15(17)25-16/h3-7,11-12,14,18H,8-10H2,1-2H3/t11-,12?,14-/m0/s1. The third-order valence-electron chi connectivity index (χ3n) is 4.60. The van der Waals surface area contributed by atoms with Gasteiger partial charge in [-0.1, -0.05) is 17.7 Å². The molecule has 27 heavy (non-hydrogen) atoms. The zero-order valence-electron chi connectivity index (χ0n) is 14.8. The van der Waals surface area contributed by atoms with E-state index in [1.54, 1.807) is 11.3 Å². The zero-order valence-corrected chi connectivity index (χ0v) is 18.9. The lowest BCUT2D eigenvalue weighted by molar-refractivity contribution is 0.286. The highest BCUT2D eigenvalue weighted by molar-refractivity contribution is 7.97. The maximum atomic E-state index is 13.0. The Bertz CT molecular complexity index is 984. The molecule has 1 aliphatic rings. The molecule has 1 N–H and O–H groups in total. The number of rotatable bonds is 7. The molecule has 11 heteroatoms. The second-order valence-electron chi connectivity index (χ2n) is 6.73. The molecular formula is C16H21ClN2O4S4. The van der Waals surface area contributed by atoms with Crippen molar-refractivity contribution in [3.05, 3.63) is 38.9 Å². The number of hydrogen-bond donors (Lipinski definition) is 1. The topological polar surface area (TPSA) is 83.6 Å². The molecule has 2 aromatic rings. The number of sulfone groups is 2. The van der Waals surface area contributed by atoms with Crippen LogP contribution in [-0.2, 0) is 19.7 Å². The van der Waals surface area contributed by atoms with Gasteiger partial charge in [0, 0.05) is 17.5 Å². The van der Waals surface area contributed by atoms with Crippen molar-refractivity contribution in [1.29, 1.82) is 0 Å². The van der Waals surface area contributed by atoms with E-state index in [0.717, 1.165) is 16.2 Å². The Kier molecular flexibility index (Phi) is 6.36. The molecular weight excluding hydrogens is 448 g/mol. The van der Waals surface area contributed by atoms with Crippen LogP contribution < -0.4 is 5.32 Å². The van der Waals surface area contributed by atoms with Crippen molar-refractivity contribution < 1.29 is 16.8 Å². The first kappa shape index (κ1) is 21.2. The Morgan fingerprint density at radius 2 is 2.04 bits per heavy atom. The van der Waals surface area contributed by atoms with Crippen LogP contribution in [0.3, 0.4) is 0 Å². The van der Waals surface area contributed by atoms with Crippen molar-refractivity contribution in [2.75, 3.05) is 32.1 Å². The summed E-state index contributed by atoms with van der Waals surface area (Å²) in [5, 5.41) is 4.19. The van der Waals surface area contributed by atoms with Gasteiger partial charge in [0.15, 0.2) is 19.7 Å². The Morgan fingerprint density at radius 1 is 1.30 bits per heavy atom. The lowest BCUT2D eigenvalue weighted by atomic mass is 10.2. The maximum Gasteiger partial charge on any atom is 0.193 e. The predicted octanol–water partition coefficient (Wildman–Crippen LogP) is 2.29. The van der Waals surface area contributed by atoms with E-state index in [9.17, 15) is 16.8 Å². The quantitative estimate of drug-likeness (QED) is 0.671. The first-order valence-electron chi connectivity index (χ1n) is 8.23. The fourth-order valence-electron chi connectivity index (χ4n) is 3.19. The molecule has 6 nitrogen and oxygen atoms in total. The van der Waals surface area contributed by atoms with Gasteiger partial charge in [0.1, 0.15) is 4.21 Å². The van der Waals surface area contributed by atoms with Gasteiger partial charge in [-0.15, -0.1) is 22.7 Å². The van der Waals surface area contributed by atoms with Gasteiger partial charge >= 0.3 is 0 Å². The summed E-state index contributed by atoms with van der Waals surface area (Å²) < 4.78 is 50.9. The fourth-order valence-corrected chi connectivity index (χ4v) is 10.5. The minimum Gasteiger partial charge on any atom is -0.310 e. The molecule has 3 rings (SSSR count). The Hall–Kier alpha value is -0.490. The first-order chi connectivity index (χ1) is 12.6. The van der Waals surface area contributed by atoms with Gasteiger partial charge in [-0.25, -0.2) is 16.8 Å². The molecule has 3 atom stereocenters. The third kappa shape index (κ3) is 4.75. The van der Waals surface area contributed by atoms with E-state index in [2.05, 4.69) is 5.32 Å². The number of nitrogens with zero attached hydrogens (tertiary/aromatic N) is 1. The number of hydrogen-bond acceptors (Lipinski definition) is 8. The predicted molar refractivity (Wildman–Crippen MR) is 111 cm³/mol. The van der Waals surface area contributed by atoms with Crippen molar-refractivity contribution in [2.24, 2.45) is 0 Å². The van der Waals surface area contributed by atoms with Gasteiger partial charge in [0.2, 0.25) is 0 Å². The number of likely N-dealkylation sites (N-methyl/N-ethyl adjacent to an activating group) is 1. The summed E-state index contributed by atoms with van der Waals surface area (Å²) in [6.07, 6.45) is 0. The van der Waals surface area contributed by atoms with Crippen molar-refractivity contribution >= 4 is 53.9 Å². The van der Waals surface area contributed by atoms with Gasteiger partial charge in [-0.05, 0) is 37.7 Å². The SMILES string of the molecule is CN(C)C(CN[C@H]1CS(=O)(=O)C[C@@H]1S(=O)(=O)c1ccc(Cl)s1)c1cccs1. The minimum atomic E-state index is -3.78. The van der Waals surface area contributed by atoms with E-state index in [4.69, 9.17) is 11.6 Å². The van der Waals surface area contributed by atoms with E-state index >= 15 is 0 Å². The number of thiophene rings is 2. The van der Waals surface area contributed by atoms with Crippen LogP contribution in [0.5, 0.6) is 0 Å². The maximum absolute atomic E-state index is 13.0. The largest absolute Gasteiger partial charge is 0.310 e. The van der Waals surface area contributed by atoms with Crippen LogP contribution in [-0.4, -0.2) is 65.2 Å². The van der Waals surface area contributed by atoms with Gasteiger partial charge in [0.05, 0.1) is 27.1 Å². The molecule has 1 unspecified atom stereocenters. The van der Waals surface area contributed by atoms with Crippen LogP contribution in [0.4, 0.5) is 0 Å². The van der Waals surface area contributed by atoms with Crippen LogP contribution in [0.2, 0.25) is 4.34 Å². The van der Waals surface area contributed by atoms with Gasteiger partial charge in [-0.3, -0.25) is 0 Å². The molecule has 0 spiro atoms. The normalized spacial score (nSPS) is 23.7. The summed E-state index contributed by atoms with van der Waals surface area (Å²) in [7, 11) is -3.32. The molecule has 150 valence electrons. The lowest BCUT2D eigenvalue weighted by Crippen LogP contribution is -2.46. The smallest absolute Gasteiger partial charge is 0.193 e. The van der Waals surface area contributed by atoms with Crippen LogP contribution in [0.15, 0.2) is 33.9 Å². The van der Waals surface area contributed by atoms with Crippen molar-refractivity contribution in [2.45, 2.75) is 21.5 Å². The van der Waals surface area contributed by atoms with Gasteiger partial charge in [-0.2, -0.15) is 0 Å². The number of nitrogens with one attached hydrogen (secondary N) is 1. The van der Waals surface area contributed by atoms with Crippen molar-refractivity contribution in [3.63, 3.8) is 0 Å². The lowest BCUT2D eigenvalue weighted by Gasteiger charge is -2.27. The summed E-state index contributed by atoms with van der Waals surface area (Å²) in [6, 6.07) is 6.33. The van der Waals surface area contributed by atoms with Crippen LogP contribution in [0.1, 0.15) is 10.9 Å². The summed E-state index contributed by atoms with van der Waals surface area (Å²) in [5.74, 6) is -0.547. The Balaban J connectivity index is 1.82. The van der Waals surface area contributed by atoms with Gasteiger partial charge < -0.3 is 10.2 Å². The molecule has 0 aromatic carbocycles. The summed E-state index contributed by atoms with van der Waals surface area (Å²) in [4.78, 5) is 3.17. The van der Waals surface area contributed by atoms with E-state index < -0.39 is 31.0 Å². The molecule has 1 aliphatic heterocycles. The van der Waals surface area contributed by atoms with E-state index in [0.29, 0.717) is 10.9 Å². The third-order valence-corrected chi connectivity index (χ3v) is 11.5. The molecule has 0 amide bonds. The molecule has 0 saturated carbocycles. The zero-order chi connectivity index (χ0) is 19.8. The van der Waals surface area contributed by atoms with Crippen LogP contribution in [0, 0.1) is 0 Å². The van der Waals surface area contributed by atoms with E-state index in [1.807, 2.05) is 36.5 Å². The number of halogens is 1. The second kappa shape index (κ2) is 8.10. The minimum absolute atomic E-state index is 0.0350. The molecule has 0 aliphatic carbocycles. The first-order valence-corrected chi connectivity index (χ1v) is 13.7. The van der Waals surface area contributed by atoms with Crippen LogP contribution in [0.25, 0.3) is 0 Å². The average molecular weight is 469 g/mol. The molecule has 2 aromatic heterocycles. The Labute approximate surface area is 173 Å². The highest BCUT2D eigenvalue weighted by Crippen LogP contribution is 2.32. The van der Waals surface area contributed by atoms with E-state index in [-0.39, 0.29) is 21.8 Å². The molecule has 0 bridgehead atoms. The van der Waals surface area contributed by atoms with Crippen LogP contribution >= 0.6 is 34.3 Å². The summed E-state index contributed by atoms with van der Waals surface area (Å²) in [5.41, 5.74) is 0. The van der Waals surface area contributed by atoms with Crippen molar-refractivity contribution in [3.8, 4) is 0 Å². The summed E-state index contributed by atoms with van der Waals surface area (Å²) in [6.45, 7) is 0.463. The fraction of sp³-hybridized carbons (Fsp3) is 0.500. The van der Waals surface area contributed by atoms with E-state index in [1.165, 1.54) is 12.1 Å². The Morgan fingerprint density at radius 3 is 2.59 bits per heavy atom. The molecule has 3 heterocycles. The molecule has 1 saturated heterocycles. The molecule has 1 fully saturated rings. The van der Waals surface area contributed by atoms with Gasteiger partial charge in [0.25, 0.3) is 0 Å². The highest BCUT2D eigenvalue weighted by Gasteiger charge is 2.46. The van der Waals surface area contributed by atoms with Crippen molar-refractivity contribution in [1.82, 2.24) is 10.2 Å². The second-order valence-corrected chi connectivity index (χ2v) is 14.0. The summed E-state index contributed by atoms with van der Waals surface area (Å²) >= 11 is 8.45. The average Bonchev–Trinajstić information content (AvgIpc) is 3.28.